The minimum Gasteiger partial charge on any atom is -0.383 e. The SMILES string of the molecule is COCCN1C(=O)C(C(c2ccc(F)cc2)N2CCC(C)CC2)C(=O)C=C1C. The van der Waals surface area contributed by atoms with Crippen LogP contribution in [0, 0.1) is 17.7 Å². The maximum atomic E-state index is 13.5. The third-order valence-electron chi connectivity index (χ3n) is 5.87. The van der Waals surface area contributed by atoms with Crippen LogP contribution in [0.2, 0.25) is 0 Å². The van der Waals surface area contributed by atoms with Crippen molar-refractivity contribution in [3.8, 4) is 0 Å². The second kappa shape index (κ2) is 8.97. The first-order valence-corrected chi connectivity index (χ1v) is 9.94. The smallest absolute Gasteiger partial charge is 0.239 e. The third kappa shape index (κ3) is 4.33. The molecule has 28 heavy (non-hydrogen) atoms. The van der Waals surface area contributed by atoms with Gasteiger partial charge in [-0.2, -0.15) is 0 Å². The Balaban J connectivity index is 1.97. The van der Waals surface area contributed by atoms with Crippen LogP contribution in [0.4, 0.5) is 4.39 Å². The minimum atomic E-state index is -0.820. The molecule has 0 aliphatic carbocycles. The molecule has 0 aromatic heterocycles. The number of carbonyl (C=O) groups excluding carboxylic acids is 2. The number of methoxy groups -OCH3 is 1. The van der Waals surface area contributed by atoms with Crippen LogP contribution in [-0.2, 0) is 14.3 Å². The average molecular weight is 388 g/mol. The number of allylic oxidation sites excluding steroid dienone is 2. The summed E-state index contributed by atoms with van der Waals surface area (Å²) < 4.78 is 18.6. The zero-order valence-electron chi connectivity index (χ0n) is 16.9. The molecule has 0 N–H and O–H groups in total. The predicted octanol–water partition coefficient (Wildman–Crippen LogP) is 3.18. The largest absolute Gasteiger partial charge is 0.383 e. The molecular formula is C22H29FN2O3. The Hall–Kier alpha value is -2.05. The molecule has 2 aliphatic rings. The van der Waals surface area contributed by atoms with Crippen LogP contribution in [0.5, 0.6) is 0 Å². The molecule has 2 atom stereocenters. The molecule has 3 rings (SSSR count). The van der Waals surface area contributed by atoms with Gasteiger partial charge in [0.15, 0.2) is 5.78 Å². The highest BCUT2D eigenvalue weighted by Crippen LogP contribution is 2.36. The summed E-state index contributed by atoms with van der Waals surface area (Å²) in [4.78, 5) is 30.2. The van der Waals surface area contributed by atoms with E-state index in [1.807, 2.05) is 0 Å². The second-order valence-corrected chi connectivity index (χ2v) is 7.86. The molecule has 1 aromatic carbocycles. The van der Waals surface area contributed by atoms with Crippen molar-refractivity contribution in [2.75, 3.05) is 33.4 Å². The second-order valence-electron chi connectivity index (χ2n) is 7.86. The number of hydrogen-bond donors (Lipinski definition) is 0. The molecule has 2 unspecified atom stereocenters. The van der Waals surface area contributed by atoms with Crippen LogP contribution in [0.25, 0.3) is 0 Å². The fourth-order valence-electron chi connectivity index (χ4n) is 4.18. The van der Waals surface area contributed by atoms with Gasteiger partial charge in [0.25, 0.3) is 0 Å². The van der Waals surface area contributed by atoms with Gasteiger partial charge in [-0.05, 0) is 56.5 Å². The lowest BCUT2D eigenvalue weighted by atomic mass is 9.83. The van der Waals surface area contributed by atoms with E-state index in [1.165, 1.54) is 12.1 Å². The van der Waals surface area contributed by atoms with Gasteiger partial charge < -0.3 is 9.64 Å². The van der Waals surface area contributed by atoms with E-state index in [9.17, 15) is 14.0 Å². The lowest BCUT2D eigenvalue weighted by Gasteiger charge is -2.42. The standard InChI is InChI=1S/C22H29FN2O3/c1-15-8-10-24(11-9-15)21(17-4-6-18(23)7-5-17)20-19(26)14-16(2)25(22(20)27)12-13-28-3/h4-7,14-15,20-21H,8-13H2,1-3H3. The number of benzene rings is 1. The van der Waals surface area contributed by atoms with Crippen molar-refractivity contribution in [2.24, 2.45) is 11.8 Å². The number of halogens is 1. The number of hydrogen-bond acceptors (Lipinski definition) is 4. The Bertz CT molecular complexity index is 739. The topological polar surface area (TPSA) is 49.9 Å². The number of ether oxygens (including phenoxy) is 1. The van der Waals surface area contributed by atoms with Gasteiger partial charge >= 0.3 is 0 Å². The normalized spacial score (nSPS) is 23.1. The Kier molecular flexibility index (Phi) is 6.62. The van der Waals surface area contributed by atoms with E-state index in [0.29, 0.717) is 24.8 Å². The molecule has 0 spiro atoms. The summed E-state index contributed by atoms with van der Waals surface area (Å²) in [6.45, 7) is 6.45. The minimum absolute atomic E-state index is 0.177. The van der Waals surface area contributed by atoms with Crippen LogP contribution in [0.3, 0.4) is 0 Å². The fourth-order valence-corrected chi connectivity index (χ4v) is 4.18. The van der Waals surface area contributed by atoms with Crippen molar-refractivity contribution >= 4 is 11.7 Å². The van der Waals surface area contributed by atoms with E-state index in [0.717, 1.165) is 31.5 Å². The molecule has 1 saturated heterocycles. The van der Waals surface area contributed by atoms with Crippen LogP contribution in [0.1, 0.15) is 38.3 Å². The molecule has 2 heterocycles. The van der Waals surface area contributed by atoms with Gasteiger partial charge in [0.1, 0.15) is 11.7 Å². The number of amides is 1. The number of nitrogens with zero attached hydrogens (tertiary/aromatic N) is 2. The molecule has 1 amide bonds. The summed E-state index contributed by atoms with van der Waals surface area (Å²) in [5, 5.41) is 0. The number of piperidine rings is 1. The highest BCUT2D eigenvalue weighted by Gasteiger charge is 2.43. The molecule has 0 bridgehead atoms. The molecular weight excluding hydrogens is 359 g/mol. The number of ketones is 1. The Morgan fingerprint density at radius 2 is 1.82 bits per heavy atom. The highest BCUT2D eigenvalue weighted by atomic mass is 19.1. The Morgan fingerprint density at radius 1 is 1.18 bits per heavy atom. The summed E-state index contributed by atoms with van der Waals surface area (Å²) >= 11 is 0. The van der Waals surface area contributed by atoms with Crippen LogP contribution >= 0.6 is 0 Å². The van der Waals surface area contributed by atoms with Crippen LogP contribution in [0.15, 0.2) is 36.0 Å². The van der Waals surface area contributed by atoms with Gasteiger partial charge in [-0.1, -0.05) is 19.1 Å². The summed E-state index contributed by atoms with van der Waals surface area (Å²) in [6.07, 6.45) is 3.61. The molecule has 0 radical (unpaired) electrons. The fraction of sp³-hybridized carbons (Fsp3) is 0.545. The van der Waals surface area contributed by atoms with Crippen LogP contribution < -0.4 is 0 Å². The van der Waals surface area contributed by atoms with Crippen molar-refractivity contribution in [3.05, 3.63) is 47.4 Å². The first-order valence-electron chi connectivity index (χ1n) is 9.94. The summed E-state index contributed by atoms with van der Waals surface area (Å²) in [5.74, 6) is -0.893. The summed E-state index contributed by atoms with van der Waals surface area (Å²) in [7, 11) is 1.59. The van der Waals surface area contributed by atoms with Crippen molar-refractivity contribution in [1.82, 2.24) is 9.80 Å². The Morgan fingerprint density at radius 3 is 2.43 bits per heavy atom. The summed E-state index contributed by atoms with van der Waals surface area (Å²) in [5.41, 5.74) is 1.45. The van der Waals surface area contributed by atoms with Crippen molar-refractivity contribution in [1.29, 1.82) is 0 Å². The average Bonchev–Trinajstić information content (AvgIpc) is 2.67. The van der Waals surface area contributed by atoms with E-state index in [2.05, 4.69) is 11.8 Å². The molecule has 152 valence electrons. The number of carbonyl (C=O) groups is 2. The van der Waals surface area contributed by atoms with Crippen LogP contribution in [-0.4, -0.2) is 54.8 Å². The van der Waals surface area contributed by atoms with Gasteiger partial charge in [0, 0.05) is 25.4 Å². The number of rotatable bonds is 6. The van der Waals surface area contributed by atoms with Gasteiger partial charge in [0.2, 0.25) is 5.91 Å². The van der Waals surface area contributed by atoms with Crippen molar-refractivity contribution in [3.63, 3.8) is 0 Å². The molecule has 1 aromatic rings. The lowest BCUT2D eigenvalue weighted by molar-refractivity contribution is -0.144. The molecule has 6 heteroatoms. The van der Waals surface area contributed by atoms with Gasteiger partial charge in [-0.15, -0.1) is 0 Å². The van der Waals surface area contributed by atoms with E-state index < -0.39 is 5.92 Å². The lowest BCUT2D eigenvalue weighted by Crippen LogP contribution is -2.50. The van der Waals surface area contributed by atoms with Gasteiger partial charge in [-0.25, -0.2) is 4.39 Å². The first-order chi connectivity index (χ1) is 13.4. The van der Waals surface area contributed by atoms with Crippen molar-refractivity contribution < 1.29 is 18.7 Å². The maximum absolute atomic E-state index is 13.5. The van der Waals surface area contributed by atoms with E-state index in [1.54, 1.807) is 37.1 Å². The quantitative estimate of drug-likeness (QED) is 0.703. The molecule has 2 aliphatic heterocycles. The highest BCUT2D eigenvalue weighted by molar-refractivity contribution is 6.10. The number of likely N-dealkylation sites (tertiary alicyclic amines) is 1. The van der Waals surface area contributed by atoms with E-state index in [-0.39, 0.29) is 23.5 Å². The Labute approximate surface area is 166 Å². The van der Waals surface area contributed by atoms with E-state index >= 15 is 0 Å². The van der Waals surface area contributed by atoms with Gasteiger partial charge in [-0.3, -0.25) is 14.5 Å². The van der Waals surface area contributed by atoms with Crippen molar-refractivity contribution in [2.45, 2.75) is 32.7 Å². The molecule has 5 nitrogen and oxygen atoms in total. The maximum Gasteiger partial charge on any atom is 0.239 e. The molecule has 1 fully saturated rings. The third-order valence-corrected chi connectivity index (χ3v) is 5.87. The van der Waals surface area contributed by atoms with Gasteiger partial charge in [0.05, 0.1) is 12.6 Å². The monoisotopic (exact) mass is 388 g/mol. The summed E-state index contributed by atoms with van der Waals surface area (Å²) in [6, 6.07) is 5.81. The predicted molar refractivity (Wildman–Crippen MR) is 105 cm³/mol. The first kappa shape index (κ1) is 20.7. The zero-order valence-corrected chi connectivity index (χ0v) is 16.9. The zero-order chi connectivity index (χ0) is 20.3. The molecule has 0 saturated carbocycles. The van der Waals surface area contributed by atoms with E-state index in [4.69, 9.17) is 4.74 Å².